The van der Waals surface area contributed by atoms with E-state index in [2.05, 4.69) is 15.6 Å². The maximum absolute atomic E-state index is 12.8. The average molecular weight is 479 g/mol. The summed E-state index contributed by atoms with van der Waals surface area (Å²) in [7, 11) is 3.21. The summed E-state index contributed by atoms with van der Waals surface area (Å²) in [4.78, 5) is 19.3. The SMILES string of the molecule is CN=C(NCC(C)(C)C(=O)NC)N1CCN(C(C)C(F)(F)F)CC1.I. The molecule has 0 saturated carbocycles. The van der Waals surface area contributed by atoms with Gasteiger partial charge in [0.05, 0.1) is 5.41 Å². The van der Waals surface area contributed by atoms with Gasteiger partial charge in [0, 0.05) is 46.8 Å². The van der Waals surface area contributed by atoms with Crippen molar-refractivity contribution in [2.45, 2.75) is 33.0 Å². The van der Waals surface area contributed by atoms with Crippen LogP contribution in [0.15, 0.2) is 4.99 Å². The van der Waals surface area contributed by atoms with Crippen LogP contribution in [0, 0.1) is 5.41 Å². The molecule has 1 aliphatic heterocycles. The molecule has 0 radical (unpaired) electrons. The number of carbonyl (C=O) groups is 1. The minimum absolute atomic E-state index is 0. The van der Waals surface area contributed by atoms with Crippen molar-refractivity contribution >= 4 is 35.8 Å². The first-order valence-corrected chi connectivity index (χ1v) is 8.01. The number of hydrogen-bond donors (Lipinski definition) is 2. The molecule has 148 valence electrons. The minimum Gasteiger partial charge on any atom is -0.359 e. The average Bonchev–Trinajstić information content (AvgIpc) is 2.53. The third-order valence-electron chi connectivity index (χ3n) is 4.38. The summed E-state index contributed by atoms with van der Waals surface area (Å²) in [5.41, 5.74) is -0.614. The lowest BCUT2D eigenvalue weighted by atomic mass is 9.92. The van der Waals surface area contributed by atoms with E-state index < -0.39 is 17.6 Å². The van der Waals surface area contributed by atoms with Crippen LogP contribution in [0.4, 0.5) is 13.2 Å². The summed E-state index contributed by atoms with van der Waals surface area (Å²) in [5.74, 6) is 0.514. The smallest absolute Gasteiger partial charge is 0.359 e. The van der Waals surface area contributed by atoms with Crippen LogP contribution in [0.1, 0.15) is 20.8 Å². The lowest BCUT2D eigenvalue weighted by Crippen LogP contribution is -2.57. The molecule has 0 aromatic carbocycles. The van der Waals surface area contributed by atoms with E-state index in [1.54, 1.807) is 14.1 Å². The fraction of sp³-hybridized carbons (Fsp3) is 0.867. The third kappa shape index (κ3) is 6.80. The zero-order valence-corrected chi connectivity index (χ0v) is 17.7. The lowest BCUT2D eigenvalue weighted by Gasteiger charge is -2.40. The first-order valence-electron chi connectivity index (χ1n) is 8.01. The van der Waals surface area contributed by atoms with Crippen molar-refractivity contribution in [3.63, 3.8) is 0 Å². The van der Waals surface area contributed by atoms with Crippen LogP contribution in [0.3, 0.4) is 0 Å². The number of guanidine groups is 1. The Labute approximate surface area is 164 Å². The number of piperazine rings is 1. The Morgan fingerprint density at radius 3 is 2.12 bits per heavy atom. The van der Waals surface area contributed by atoms with Crippen LogP contribution >= 0.6 is 24.0 Å². The van der Waals surface area contributed by atoms with E-state index >= 15 is 0 Å². The van der Waals surface area contributed by atoms with Gasteiger partial charge < -0.3 is 15.5 Å². The van der Waals surface area contributed by atoms with E-state index in [1.807, 2.05) is 18.7 Å². The summed E-state index contributed by atoms with van der Waals surface area (Å²) in [5, 5.41) is 5.76. The second-order valence-corrected chi connectivity index (χ2v) is 6.60. The van der Waals surface area contributed by atoms with E-state index in [0.29, 0.717) is 38.7 Å². The van der Waals surface area contributed by atoms with Gasteiger partial charge in [-0.05, 0) is 20.8 Å². The van der Waals surface area contributed by atoms with Gasteiger partial charge in [0.2, 0.25) is 5.91 Å². The first kappa shape index (κ1) is 24.2. The highest BCUT2D eigenvalue weighted by Crippen LogP contribution is 2.25. The van der Waals surface area contributed by atoms with Gasteiger partial charge in [0.25, 0.3) is 0 Å². The van der Waals surface area contributed by atoms with Gasteiger partial charge in [-0.3, -0.25) is 14.7 Å². The number of carbonyl (C=O) groups excluding carboxylic acids is 1. The molecule has 1 heterocycles. The lowest BCUT2D eigenvalue weighted by molar-refractivity contribution is -0.181. The molecule has 1 amide bonds. The molecule has 2 N–H and O–H groups in total. The zero-order chi connectivity index (χ0) is 18.5. The minimum atomic E-state index is -4.21. The molecule has 0 aliphatic carbocycles. The molecule has 1 aliphatic rings. The largest absolute Gasteiger partial charge is 0.403 e. The molecular weight excluding hydrogens is 450 g/mol. The normalized spacial score (nSPS) is 18.4. The van der Waals surface area contributed by atoms with Crippen LogP contribution in [0.25, 0.3) is 0 Å². The van der Waals surface area contributed by atoms with Crippen molar-refractivity contribution in [3.8, 4) is 0 Å². The number of halogens is 4. The van der Waals surface area contributed by atoms with Crippen LogP contribution in [-0.4, -0.2) is 80.7 Å². The van der Waals surface area contributed by atoms with Gasteiger partial charge in [-0.2, -0.15) is 13.2 Å². The van der Waals surface area contributed by atoms with Crippen LogP contribution < -0.4 is 10.6 Å². The molecule has 0 spiro atoms. The Bertz CT molecular complexity index is 463. The molecule has 10 heteroatoms. The Morgan fingerprint density at radius 1 is 1.20 bits per heavy atom. The summed E-state index contributed by atoms with van der Waals surface area (Å²) in [6.07, 6.45) is -4.21. The number of aliphatic imine (C=N–C) groups is 1. The summed E-state index contributed by atoms with van der Waals surface area (Å²) >= 11 is 0. The van der Waals surface area contributed by atoms with Crippen molar-refractivity contribution in [2.75, 3.05) is 46.8 Å². The molecule has 0 aromatic heterocycles. The molecule has 0 bridgehead atoms. The highest BCUT2D eigenvalue weighted by molar-refractivity contribution is 14.0. The molecular formula is C15H29F3IN5O. The van der Waals surface area contributed by atoms with Gasteiger partial charge in [0.1, 0.15) is 6.04 Å². The Morgan fingerprint density at radius 2 is 1.72 bits per heavy atom. The molecule has 25 heavy (non-hydrogen) atoms. The Hall–Kier alpha value is -0.780. The second kappa shape index (κ2) is 9.79. The monoisotopic (exact) mass is 479 g/mol. The fourth-order valence-electron chi connectivity index (χ4n) is 2.58. The molecule has 1 atom stereocenters. The number of rotatable bonds is 4. The zero-order valence-electron chi connectivity index (χ0n) is 15.4. The topological polar surface area (TPSA) is 60.0 Å². The van der Waals surface area contributed by atoms with Crippen molar-refractivity contribution < 1.29 is 18.0 Å². The Balaban J connectivity index is 0.00000576. The van der Waals surface area contributed by atoms with Gasteiger partial charge in [-0.1, -0.05) is 0 Å². The fourth-order valence-corrected chi connectivity index (χ4v) is 2.58. The third-order valence-corrected chi connectivity index (χ3v) is 4.38. The summed E-state index contributed by atoms with van der Waals surface area (Å²) < 4.78 is 38.4. The number of hydrogen-bond acceptors (Lipinski definition) is 3. The molecule has 1 fully saturated rings. The summed E-state index contributed by atoms with van der Waals surface area (Å²) in [6.45, 7) is 6.76. The number of nitrogens with one attached hydrogen (secondary N) is 2. The standard InChI is InChI=1S/C15H28F3N5O.HI/c1-11(15(16,17)18)22-6-8-23(9-7-22)13(20-5)21-10-14(2,3)12(24)19-4;/h11H,6-10H2,1-5H3,(H,19,24)(H,20,21);1H. The predicted octanol–water partition coefficient (Wildman–Crippen LogP) is 1.52. The predicted molar refractivity (Wildman–Crippen MR) is 103 cm³/mol. The van der Waals surface area contributed by atoms with Gasteiger partial charge in [-0.25, -0.2) is 0 Å². The molecule has 1 unspecified atom stereocenters. The molecule has 6 nitrogen and oxygen atoms in total. The first-order chi connectivity index (χ1) is 11.0. The number of amides is 1. The number of nitrogens with zero attached hydrogens (tertiary/aromatic N) is 3. The van der Waals surface area contributed by atoms with E-state index in [4.69, 9.17) is 0 Å². The van der Waals surface area contributed by atoms with Crippen molar-refractivity contribution in [1.82, 2.24) is 20.4 Å². The quantitative estimate of drug-likeness (QED) is 0.365. The maximum atomic E-state index is 12.8. The van der Waals surface area contributed by atoms with Gasteiger partial charge >= 0.3 is 6.18 Å². The summed E-state index contributed by atoms with van der Waals surface area (Å²) in [6, 6.07) is -1.44. The van der Waals surface area contributed by atoms with Gasteiger partial charge in [0.15, 0.2) is 5.96 Å². The van der Waals surface area contributed by atoms with E-state index in [9.17, 15) is 18.0 Å². The highest BCUT2D eigenvalue weighted by Gasteiger charge is 2.41. The van der Waals surface area contributed by atoms with Gasteiger partial charge in [-0.15, -0.1) is 24.0 Å². The maximum Gasteiger partial charge on any atom is 0.403 e. The van der Waals surface area contributed by atoms with Crippen molar-refractivity contribution in [1.29, 1.82) is 0 Å². The molecule has 1 saturated heterocycles. The van der Waals surface area contributed by atoms with Crippen molar-refractivity contribution in [3.05, 3.63) is 0 Å². The van der Waals surface area contributed by atoms with Crippen LogP contribution in [0.2, 0.25) is 0 Å². The van der Waals surface area contributed by atoms with Crippen molar-refractivity contribution in [2.24, 2.45) is 10.4 Å². The molecule has 1 rings (SSSR count). The van der Waals surface area contributed by atoms with Crippen LogP contribution in [0.5, 0.6) is 0 Å². The highest BCUT2D eigenvalue weighted by atomic mass is 127. The van der Waals surface area contributed by atoms with E-state index in [-0.39, 0.29) is 29.9 Å². The van der Waals surface area contributed by atoms with E-state index in [0.717, 1.165) is 0 Å². The second-order valence-electron chi connectivity index (χ2n) is 6.60. The number of alkyl halides is 3. The Kier molecular flexibility index (Phi) is 9.48. The van der Waals surface area contributed by atoms with E-state index in [1.165, 1.54) is 11.8 Å². The van der Waals surface area contributed by atoms with Crippen LogP contribution in [-0.2, 0) is 4.79 Å². The molecule has 0 aromatic rings.